The summed E-state index contributed by atoms with van der Waals surface area (Å²) in [5.41, 5.74) is -4.90. The molecule has 1 aromatic carbocycles. The van der Waals surface area contributed by atoms with Crippen molar-refractivity contribution < 1.29 is 32.5 Å². The number of nitrogens with zero attached hydrogens (tertiary/aromatic N) is 1. The molecule has 1 aliphatic heterocycles. The third-order valence-corrected chi connectivity index (χ3v) is 5.90. The monoisotopic (exact) mass is 416 g/mol. The molecule has 1 saturated heterocycles. The van der Waals surface area contributed by atoms with Crippen LogP contribution in [0.2, 0.25) is 0 Å². The number of alkyl halides is 3. The molecule has 11 heteroatoms. The van der Waals surface area contributed by atoms with Crippen LogP contribution >= 0.6 is 0 Å². The van der Waals surface area contributed by atoms with E-state index in [9.17, 15) is 28.4 Å². The van der Waals surface area contributed by atoms with Crippen LogP contribution in [0.15, 0.2) is 12.1 Å². The molecule has 3 rings (SSSR count). The van der Waals surface area contributed by atoms with Crippen molar-refractivity contribution in [3.63, 3.8) is 0 Å². The van der Waals surface area contributed by atoms with Gasteiger partial charge in [-0.15, -0.1) is 0 Å². The van der Waals surface area contributed by atoms with Crippen LogP contribution < -0.4 is 10.8 Å². The summed E-state index contributed by atoms with van der Waals surface area (Å²) in [5, 5.41) is 24.0. The summed E-state index contributed by atoms with van der Waals surface area (Å²) in [7, 11) is -1.22. The molecule has 2 N–H and O–H groups in total. The van der Waals surface area contributed by atoms with Gasteiger partial charge in [0.1, 0.15) is 0 Å². The van der Waals surface area contributed by atoms with Crippen molar-refractivity contribution in [2.45, 2.75) is 76.5 Å². The molecule has 0 aromatic heterocycles. The number of anilines is 1. The van der Waals surface area contributed by atoms with E-state index in [1.165, 1.54) is 0 Å². The van der Waals surface area contributed by atoms with Gasteiger partial charge in [0.2, 0.25) is 0 Å². The number of benzene rings is 1. The number of halogens is 3. The summed E-state index contributed by atoms with van der Waals surface area (Å²) in [6.45, 7) is 8.56. The maximum Gasteiger partial charge on any atom is 0.497 e. The third-order valence-electron chi connectivity index (χ3n) is 5.90. The van der Waals surface area contributed by atoms with E-state index in [-0.39, 0.29) is 24.0 Å². The highest BCUT2D eigenvalue weighted by Gasteiger charge is 2.54. The summed E-state index contributed by atoms with van der Waals surface area (Å²) in [6, 6.07) is 1.15. The van der Waals surface area contributed by atoms with Crippen molar-refractivity contribution in [3.05, 3.63) is 27.8 Å². The van der Waals surface area contributed by atoms with Crippen LogP contribution in [0.4, 0.5) is 24.5 Å². The Morgan fingerprint density at radius 1 is 1.17 bits per heavy atom. The highest BCUT2D eigenvalue weighted by molar-refractivity contribution is 6.64. The molecule has 29 heavy (non-hydrogen) atoms. The highest BCUT2D eigenvalue weighted by atomic mass is 19.4. The number of nitro benzene ring substituents is 1. The zero-order valence-electron chi connectivity index (χ0n) is 16.9. The lowest BCUT2D eigenvalue weighted by Crippen LogP contribution is -2.50. The minimum Gasteiger partial charge on any atom is -0.399 e. The maximum atomic E-state index is 13.8. The second kappa shape index (κ2) is 6.58. The number of nitro groups is 1. The lowest BCUT2D eigenvalue weighted by Gasteiger charge is -2.42. The van der Waals surface area contributed by atoms with Crippen LogP contribution in [0, 0.1) is 10.1 Å². The van der Waals surface area contributed by atoms with Crippen LogP contribution in [0.3, 0.4) is 0 Å². The molecule has 1 heterocycles. The van der Waals surface area contributed by atoms with Crippen molar-refractivity contribution >= 4 is 24.0 Å². The highest BCUT2D eigenvalue weighted by Crippen LogP contribution is 2.42. The van der Waals surface area contributed by atoms with Crippen molar-refractivity contribution in [3.8, 4) is 0 Å². The van der Waals surface area contributed by atoms with E-state index in [0.29, 0.717) is 6.07 Å². The molecule has 0 amide bonds. The van der Waals surface area contributed by atoms with E-state index < -0.39 is 52.3 Å². The first-order chi connectivity index (χ1) is 13.0. The van der Waals surface area contributed by atoms with E-state index in [0.717, 1.165) is 6.07 Å². The van der Waals surface area contributed by atoms with Crippen LogP contribution in [-0.4, -0.2) is 40.0 Å². The molecule has 7 nitrogen and oxygen atoms in total. The Kier molecular flexibility index (Phi) is 4.96. The zero-order valence-corrected chi connectivity index (χ0v) is 16.9. The van der Waals surface area contributed by atoms with E-state index in [1.54, 1.807) is 34.6 Å². The predicted octanol–water partition coefficient (Wildman–Crippen LogP) is 3.24. The van der Waals surface area contributed by atoms with Crippen LogP contribution in [-0.2, 0) is 15.5 Å². The molecule has 1 aliphatic carbocycles. The SMILES string of the molecule is CC1(O)CC(Nc2c(B3OC(C)(C)C(C)(C)O3)cc([N+](=O)[O-])cc2C(F)(F)F)C1. The van der Waals surface area contributed by atoms with Gasteiger partial charge in [-0.2, -0.15) is 13.2 Å². The summed E-state index contributed by atoms with van der Waals surface area (Å²) in [4.78, 5) is 10.4. The molecule has 0 radical (unpaired) electrons. The standard InChI is InChI=1S/C18H24BF3N2O5/c1-15(2)16(3,4)29-19(28-15)13-7-11(24(26)27)6-12(18(20,21)22)14(13)23-10-8-17(5,25)9-10/h6-7,10,23,25H,8-9H2,1-5H3. The average molecular weight is 416 g/mol. The summed E-state index contributed by atoms with van der Waals surface area (Å²) >= 11 is 0. The predicted molar refractivity (Wildman–Crippen MR) is 101 cm³/mol. The van der Waals surface area contributed by atoms with E-state index >= 15 is 0 Å². The van der Waals surface area contributed by atoms with Crippen molar-refractivity contribution in [1.29, 1.82) is 0 Å². The van der Waals surface area contributed by atoms with Crippen LogP contribution in [0.1, 0.15) is 53.0 Å². The summed E-state index contributed by atoms with van der Waals surface area (Å²) in [5.74, 6) is 0. The Bertz CT molecular complexity index is 818. The number of rotatable bonds is 4. The number of nitrogens with one attached hydrogen (secondary N) is 1. The second-order valence-corrected chi connectivity index (χ2v) is 9.05. The molecule has 1 aromatic rings. The fourth-order valence-electron chi connectivity index (χ4n) is 3.60. The smallest absolute Gasteiger partial charge is 0.399 e. The Morgan fingerprint density at radius 3 is 2.10 bits per heavy atom. The number of aliphatic hydroxyl groups is 1. The van der Waals surface area contributed by atoms with Gasteiger partial charge in [0.15, 0.2) is 0 Å². The molecule has 0 bridgehead atoms. The van der Waals surface area contributed by atoms with E-state index in [1.807, 2.05) is 0 Å². The van der Waals surface area contributed by atoms with Gasteiger partial charge in [-0.25, -0.2) is 0 Å². The van der Waals surface area contributed by atoms with E-state index in [2.05, 4.69) is 5.32 Å². The first-order valence-electron chi connectivity index (χ1n) is 9.26. The molecule has 0 spiro atoms. The molecular formula is C18H24BF3N2O5. The van der Waals surface area contributed by atoms with Crippen LogP contribution in [0.25, 0.3) is 0 Å². The van der Waals surface area contributed by atoms with Gasteiger partial charge in [0, 0.05) is 29.3 Å². The minimum atomic E-state index is -4.83. The minimum absolute atomic E-state index is 0.0864. The molecule has 0 unspecified atom stereocenters. The number of hydrogen-bond donors (Lipinski definition) is 2. The van der Waals surface area contributed by atoms with Crippen molar-refractivity contribution in [1.82, 2.24) is 0 Å². The third kappa shape index (κ3) is 4.08. The molecule has 1 saturated carbocycles. The van der Waals surface area contributed by atoms with Gasteiger partial charge in [-0.1, -0.05) is 0 Å². The van der Waals surface area contributed by atoms with Gasteiger partial charge >= 0.3 is 13.3 Å². The van der Waals surface area contributed by atoms with E-state index in [4.69, 9.17) is 9.31 Å². The Hall–Kier alpha value is -1.85. The van der Waals surface area contributed by atoms with Gasteiger partial charge < -0.3 is 19.7 Å². The number of hydrogen-bond acceptors (Lipinski definition) is 6. The van der Waals surface area contributed by atoms with Gasteiger partial charge in [0.25, 0.3) is 5.69 Å². The fraction of sp³-hybridized carbons (Fsp3) is 0.667. The average Bonchev–Trinajstić information content (AvgIpc) is 2.72. The van der Waals surface area contributed by atoms with Crippen LogP contribution in [0.5, 0.6) is 0 Å². The fourth-order valence-corrected chi connectivity index (χ4v) is 3.60. The molecule has 0 atom stereocenters. The molecule has 2 aliphatic rings. The van der Waals surface area contributed by atoms with Gasteiger partial charge in [-0.05, 0) is 47.5 Å². The first-order valence-corrected chi connectivity index (χ1v) is 9.26. The first kappa shape index (κ1) is 21.9. The summed E-state index contributed by atoms with van der Waals surface area (Å²) < 4.78 is 53.1. The summed E-state index contributed by atoms with van der Waals surface area (Å²) in [6.07, 6.45) is -4.33. The van der Waals surface area contributed by atoms with Gasteiger partial charge in [-0.3, -0.25) is 10.1 Å². The molecule has 160 valence electrons. The Labute approximate surface area is 166 Å². The maximum absolute atomic E-state index is 13.8. The zero-order chi connectivity index (χ0) is 22.0. The topological polar surface area (TPSA) is 93.9 Å². The van der Waals surface area contributed by atoms with Crippen molar-refractivity contribution in [2.75, 3.05) is 5.32 Å². The Morgan fingerprint density at radius 2 is 1.69 bits per heavy atom. The lowest BCUT2D eigenvalue weighted by atomic mass is 9.74. The number of non-ortho nitro benzene ring substituents is 1. The Balaban J connectivity index is 2.12. The molecular weight excluding hydrogens is 392 g/mol. The van der Waals surface area contributed by atoms with Crippen molar-refractivity contribution in [2.24, 2.45) is 0 Å². The quantitative estimate of drug-likeness (QED) is 0.445. The molecule has 2 fully saturated rings. The van der Waals surface area contributed by atoms with Gasteiger partial charge in [0.05, 0.1) is 27.3 Å². The largest absolute Gasteiger partial charge is 0.497 e. The normalized spacial score (nSPS) is 28.2. The second-order valence-electron chi connectivity index (χ2n) is 9.05. The lowest BCUT2D eigenvalue weighted by molar-refractivity contribution is -0.385.